The molecule has 1 N–H and O–H groups in total. The molecule has 0 bridgehead atoms. The van der Waals surface area contributed by atoms with Crippen molar-refractivity contribution >= 4 is 8.69 Å². The maximum absolute atomic E-state index is 12.3. The third-order valence-corrected chi connectivity index (χ3v) is 1.78. The molecule has 0 amide bonds. The van der Waals surface area contributed by atoms with Gasteiger partial charge in [0.1, 0.15) is 0 Å². The number of hydrogen-bond donors (Lipinski definition) is 1. The molecule has 0 rings (SSSR count). The Kier molecular flexibility index (Phi) is 10.3. The van der Waals surface area contributed by atoms with E-state index in [2.05, 4.69) is 0 Å². The van der Waals surface area contributed by atoms with Crippen molar-refractivity contribution < 1.29 is 96.1 Å². The van der Waals surface area contributed by atoms with Gasteiger partial charge in [0.25, 0.3) is 5.92 Å². The molecule has 0 aliphatic heterocycles. The van der Waals surface area contributed by atoms with Crippen molar-refractivity contribution in [2.75, 3.05) is 0 Å². The molecule has 17 heteroatoms. The smallest absolute Gasteiger partial charge is 0.415 e. The van der Waals surface area contributed by atoms with E-state index in [0.29, 0.717) is 0 Å². The number of alkyl halides is 11. The minimum atomic E-state index is -7.80. The van der Waals surface area contributed by atoms with Crippen molar-refractivity contribution in [3.63, 3.8) is 0 Å². The maximum Gasteiger partial charge on any atom is 1.00 e. The Labute approximate surface area is 141 Å². The van der Waals surface area contributed by atoms with Crippen molar-refractivity contribution in [2.24, 2.45) is 0 Å². The quantitative estimate of drug-likeness (QED) is 0.332. The largest absolute Gasteiger partial charge is 1.00 e. The molecule has 0 aromatic rings. The van der Waals surface area contributed by atoms with Crippen LogP contribution in [-0.2, 0) is 4.57 Å². The molecule has 134 valence electrons. The summed E-state index contributed by atoms with van der Waals surface area (Å²) < 4.78 is 163. The van der Waals surface area contributed by atoms with Crippen molar-refractivity contribution in [3.05, 3.63) is 6.43 Å². The van der Waals surface area contributed by atoms with E-state index >= 15 is 0 Å². The summed E-state index contributed by atoms with van der Waals surface area (Å²) in [6, 6.07) is 0. The first-order chi connectivity index (χ1) is 9.36. The standard InChI is InChI=1S/C6F13.Na.HO2P/c7-1(8)2(9,10)3(11,12)4(13,14)5(15,16)6(17,18)19;;1-3-2/h;;3H/q-1;+1;/p+1. The van der Waals surface area contributed by atoms with E-state index < -0.39 is 45.0 Å². The van der Waals surface area contributed by atoms with Crippen molar-refractivity contribution in [1.82, 2.24) is 0 Å². The first-order valence-corrected chi connectivity index (χ1v) is 4.99. The molecule has 2 nitrogen and oxygen atoms in total. The molecule has 0 aliphatic rings. The molecule has 0 fully saturated rings. The van der Waals surface area contributed by atoms with Crippen LogP contribution >= 0.6 is 8.69 Å². The van der Waals surface area contributed by atoms with Crippen LogP contribution in [0.5, 0.6) is 0 Å². The van der Waals surface area contributed by atoms with Crippen LogP contribution in [0.2, 0.25) is 0 Å². The van der Waals surface area contributed by atoms with E-state index in [1.807, 2.05) is 0 Å². The van der Waals surface area contributed by atoms with Gasteiger partial charge in [0.15, 0.2) is 0 Å². The summed E-state index contributed by atoms with van der Waals surface area (Å²) >= 11 is 0. The normalized spacial score (nSPS) is 14.2. The zero-order valence-corrected chi connectivity index (χ0v) is 13.3. The molecule has 0 aromatic carbocycles. The molecular formula is C6H2F13NaO2P+. The zero-order chi connectivity index (χ0) is 18.8. The Morgan fingerprint density at radius 3 is 1.13 bits per heavy atom. The van der Waals surface area contributed by atoms with Crippen molar-refractivity contribution in [3.8, 4) is 0 Å². The van der Waals surface area contributed by atoms with Gasteiger partial charge >= 0.3 is 62.2 Å². The molecule has 0 radical (unpaired) electrons. The first kappa shape index (κ1) is 28.0. The first-order valence-electron chi connectivity index (χ1n) is 4.13. The van der Waals surface area contributed by atoms with Crippen molar-refractivity contribution in [2.45, 2.75) is 29.9 Å². The van der Waals surface area contributed by atoms with Crippen LogP contribution in [0.25, 0.3) is 0 Å². The van der Waals surface area contributed by atoms with Gasteiger partial charge in [-0.1, -0.05) is 0 Å². The van der Waals surface area contributed by atoms with Gasteiger partial charge in [-0.15, -0.1) is 0 Å². The van der Waals surface area contributed by atoms with Crippen molar-refractivity contribution in [1.29, 1.82) is 0 Å². The zero-order valence-electron chi connectivity index (χ0n) is 10.3. The van der Waals surface area contributed by atoms with Crippen LogP contribution in [0.4, 0.5) is 57.1 Å². The summed E-state index contributed by atoms with van der Waals surface area (Å²) in [6.07, 6.45) is -12.1. The summed E-state index contributed by atoms with van der Waals surface area (Å²) in [6.45, 7) is 0. The van der Waals surface area contributed by atoms with Crippen LogP contribution in [0.15, 0.2) is 0 Å². The molecule has 0 heterocycles. The van der Waals surface area contributed by atoms with Crippen LogP contribution in [0.3, 0.4) is 0 Å². The Morgan fingerprint density at radius 2 is 0.957 bits per heavy atom. The maximum atomic E-state index is 12.3. The predicted molar refractivity (Wildman–Crippen MR) is 42.5 cm³/mol. The van der Waals surface area contributed by atoms with E-state index in [1.54, 1.807) is 0 Å². The van der Waals surface area contributed by atoms with E-state index in [-0.39, 0.29) is 29.6 Å². The summed E-state index contributed by atoms with van der Waals surface area (Å²) in [7, 11) is -1.17. The van der Waals surface area contributed by atoms with E-state index in [0.717, 1.165) is 0 Å². The fraction of sp³-hybridized carbons (Fsp3) is 0.833. The Hall–Kier alpha value is 0.150. The topological polar surface area (TPSA) is 37.3 Å². The predicted octanol–water partition coefficient (Wildman–Crippen LogP) is 1.44. The van der Waals surface area contributed by atoms with Gasteiger partial charge in [0.2, 0.25) is 0 Å². The fourth-order valence-corrected chi connectivity index (χ4v) is 0.691. The minimum absolute atomic E-state index is 0. The van der Waals surface area contributed by atoms with Crippen LogP contribution in [0.1, 0.15) is 0 Å². The third-order valence-electron chi connectivity index (χ3n) is 1.78. The second-order valence-electron chi connectivity index (χ2n) is 3.15. The molecule has 0 aromatic heterocycles. The van der Waals surface area contributed by atoms with E-state index in [9.17, 15) is 57.1 Å². The van der Waals surface area contributed by atoms with Gasteiger partial charge in [0.05, 0.1) is 6.43 Å². The number of halogens is 13. The molecule has 1 unspecified atom stereocenters. The molecule has 0 saturated heterocycles. The number of hydrogen-bond acceptors (Lipinski definition) is 1. The summed E-state index contributed by atoms with van der Waals surface area (Å²) in [5.74, 6) is -30.3. The number of rotatable bonds is 4. The summed E-state index contributed by atoms with van der Waals surface area (Å²) in [4.78, 5) is 7.04. The van der Waals surface area contributed by atoms with E-state index in [4.69, 9.17) is 9.46 Å². The molecule has 0 saturated carbocycles. The van der Waals surface area contributed by atoms with E-state index in [1.165, 1.54) is 0 Å². The summed E-state index contributed by atoms with van der Waals surface area (Å²) in [5.41, 5.74) is 0. The van der Waals surface area contributed by atoms with Gasteiger partial charge in [-0.2, -0.15) is 44.4 Å². The second kappa shape index (κ2) is 8.50. The van der Waals surface area contributed by atoms with Gasteiger partial charge < -0.3 is 8.78 Å². The third kappa shape index (κ3) is 5.06. The summed E-state index contributed by atoms with van der Waals surface area (Å²) in [5, 5.41) is 0. The molecule has 0 spiro atoms. The fourth-order valence-electron chi connectivity index (χ4n) is 0.691. The Morgan fingerprint density at radius 1 is 0.696 bits per heavy atom. The van der Waals surface area contributed by atoms with Gasteiger partial charge in [-0.05, 0) is 4.57 Å². The monoisotopic (exact) mass is 407 g/mol. The Bertz CT molecular complexity index is 381. The SMILES string of the molecule is F[C-](F)C(F)(F)C(F)(F)C(F)(F)C(F)(F)C(F)(F)F.O=[PH+]O.[Na+]. The van der Waals surface area contributed by atoms with Crippen LogP contribution in [-0.4, -0.2) is 34.8 Å². The van der Waals surface area contributed by atoms with Gasteiger partial charge in [0, 0.05) is 0 Å². The average molecular weight is 407 g/mol. The molecule has 1 atom stereocenters. The van der Waals surface area contributed by atoms with Crippen LogP contribution in [0, 0.1) is 6.43 Å². The molecule has 23 heavy (non-hydrogen) atoms. The van der Waals surface area contributed by atoms with Gasteiger partial charge in [-0.3, -0.25) is 0 Å². The average Bonchev–Trinajstić information content (AvgIpc) is 2.27. The minimum Gasteiger partial charge on any atom is -0.415 e. The second-order valence-corrected chi connectivity index (χ2v) is 3.33. The van der Waals surface area contributed by atoms with Gasteiger partial charge in [-0.25, -0.2) is 8.78 Å². The molecule has 0 aliphatic carbocycles. The van der Waals surface area contributed by atoms with Crippen LogP contribution < -0.4 is 29.6 Å². The molecular weight excluding hydrogens is 405 g/mol. The Balaban J connectivity index is -0.000000920.